The predicted octanol–water partition coefficient (Wildman–Crippen LogP) is 1.42. The monoisotopic (exact) mass is 298 g/mol. The van der Waals surface area contributed by atoms with Crippen LogP contribution in [-0.4, -0.2) is 33.7 Å². The van der Waals surface area contributed by atoms with Crippen LogP contribution in [0.4, 0.5) is 5.69 Å². The van der Waals surface area contributed by atoms with E-state index in [1.165, 1.54) is 30.8 Å². The Morgan fingerprint density at radius 1 is 1.40 bits per heavy atom. The van der Waals surface area contributed by atoms with Crippen LogP contribution in [0.2, 0.25) is 0 Å². The predicted molar refractivity (Wildman–Crippen MR) is 74.5 cm³/mol. The molecule has 1 aromatic carbocycles. The van der Waals surface area contributed by atoms with Gasteiger partial charge in [-0.25, -0.2) is 4.79 Å². The summed E-state index contributed by atoms with van der Waals surface area (Å²) in [5, 5.41) is 21.7. The molecule has 1 atom stereocenters. The summed E-state index contributed by atoms with van der Waals surface area (Å²) in [6.45, 7) is 1.26. The third-order valence-electron chi connectivity index (χ3n) is 2.38. The summed E-state index contributed by atoms with van der Waals surface area (Å²) in [6, 6.07) is 5.12. The molecule has 1 rings (SSSR count). The highest BCUT2D eigenvalue weighted by molar-refractivity contribution is 7.98. The topological polar surface area (TPSA) is 110 Å². The molecule has 1 unspecified atom stereocenters. The molecule has 1 amide bonds. The highest BCUT2D eigenvalue weighted by Gasteiger charge is 2.18. The van der Waals surface area contributed by atoms with Crippen LogP contribution in [0.5, 0.6) is 0 Å². The summed E-state index contributed by atoms with van der Waals surface area (Å²) in [7, 11) is 0. The number of carboxylic acids is 1. The molecule has 0 aromatic heterocycles. The molecule has 7 nitrogen and oxygen atoms in total. The van der Waals surface area contributed by atoms with Gasteiger partial charge in [0.15, 0.2) is 0 Å². The number of nitro groups is 1. The van der Waals surface area contributed by atoms with Crippen molar-refractivity contribution in [3.8, 4) is 0 Å². The molecule has 0 bridgehead atoms. The zero-order valence-electron chi connectivity index (χ0n) is 10.7. The average molecular weight is 298 g/mol. The van der Waals surface area contributed by atoms with Gasteiger partial charge < -0.3 is 10.4 Å². The molecule has 108 valence electrons. The van der Waals surface area contributed by atoms with E-state index >= 15 is 0 Å². The van der Waals surface area contributed by atoms with Crippen LogP contribution >= 0.6 is 11.8 Å². The number of hydrogen-bond donors (Lipinski definition) is 2. The van der Waals surface area contributed by atoms with Crippen molar-refractivity contribution in [2.24, 2.45) is 0 Å². The quantitative estimate of drug-likeness (QED) is 0.582. The number of nitrogens with zero attached hydrogens (tertiary/aromatic N) is 1. The minimum absolute atomic E-state index is 0.0143. The lowest BCUT2D eigenvalue weighted by Gasteiger charge is -2.12. The van der Waals surface area contributed by atoms with Crippen molar-refractivity contribution in [3.63, 3.8) is 0 Å². The van der Waals surface area contributed by atoms with Gasteiger partial charge in [-0.15, -0.1) is 0 Å². The Balaban J connectivity index is 2.48. The van der Waals surface area contributed by atoms with Gasteiger partial charge in [0.25, 0.3) is 5.69 Å². The Hall–Kier alpha value is -2.09. The second kappa shape index (κ2) is 7.49. The molecule has 0 aliphatic heterocycles. The number of carboxylic acid groups (broad SMARTS) is 1. The van der Waals surface area contributed by atoms with Crippen molar-refractivity contribution >= 4 is 29.3 Å². The Labute approximate surface area is 119 Å². The van der Waals surface area contributed by atoms with E-state index in [0.717, 1.165) is 5.56 Å². The summed E-state index contributed by atoms with van der Waals surface area (Å²) >= 11 is 1.33. The Kier molecular flexibility index (Phi) is 5.98. The van der Waals surface area contributed by atoms with Gasteiger partial charge in [-0.2, -0.15) is 11.8 Å². The fraction of sp³-hybridized carbons (Fsp3) is 0.333. The second-order valence-electron chi connectivity index (χ2n) is 4.03. The van der Waals surface area contributed by atoms with Crippen molar-refractivity contribution in [2.75, 3.05) is 5.75 Å². The normalized spacial score (nSPS) is 11.7. The lowest BCUT2D eigenvalue weighted by atomic mass is 10.2. The number of carbonyl (C=O) groups is 2. The maximum atomic E-state index is 10.9. The van der Waals surface area contributed by atoms with Gasteiger partial charge in [-0.1, -0.05) is 12.1 Å². The molecule has 1 aromatic rings. The van der Waals surface area contributed by atoms with Crippen LogP contribution in [0.3, 0.4) is 0 Å². The minimum atomic E-state index is -1.09. The number of nitro benzene ring substituents is 1. The molecule has 2 N–H and O–H groups in total. The Morgan fingerprint density at radius 3 is 2.45 bits per heavy atom. The first-order valence-electron chi connectivity index (χ1n) is 5.71. The number of carbonyl (C=O) groups excluding carboxylic acids is 1. The first kappa shape index (κ1) is 16.0. The lowest BCUT2D eigenvalue weighted by Crippen LogP contribution is -2.41. The first-order chi connectivity index (χ1) is 9.40. The molecule has 0 heterocycles. The molecular formula is C12H14N2O5S. The SMILES string of the molecule is CC(=O)NC(CSCc1ccc([N+](=O)[O-])cc1)C(=O)O. The summed E-state index contributed by atoms with van der Waals surface area (Å²) in [6.07, 6.45) is 0. The molecule has 0 radical (unpaired) electrons. The standard InChI is InChI=1S/C12H14N2O5S/c1-8(15)13-11(12(16)17)7-20-6-9-2-4-10(5-3-9)14(18)19/h2-5,11H,6-7H2,1H3,(H,13,15)(H,16,17). The molecule has 0 saturated carbocycles. The van der Waals surface area contributed by atoms with Gasteiger partial charge in [0.1, 0.15) is 6.04 Å². The van der Waals surface area contributed by atoms with Gasteiger partial charge in [-0.3, -0.25) is 14.9 Å². The van der Waals surface area contributed by atoms with E-state index in [1.807, 2.05) is 0 Å². The van der Waals surface area contributed by atoms with Crippen LogP contribution in [0, 0.1) is 10.1 Å². The van der Waals surface area contributed by atoms with Crippen LogP contribution in [0.25, 0.3) is 0 Å². The van der Waals surface area contributed by atoms with E-state index in [1.54, 1.807) is 12.1 Å². The molecule has 0 spiro atoms. The highest BCUT2D eigenvalue weighted by Crippen LogP contribution is 2.17. The number of amides is 1. The van der Waals surface area contributed by atoms with E-state index in [-0.39, 0.29) is 11.4 Å². The van der Waals surface area contributed by atoms with E-state index in [2.05, 4.69) is 5.32 Å². The summed E-state index contributed by atoms with van der Waals surface area (Å²) in [4.78, 5) is 31.7. The molecule has 0 fully saturated rings. The molecule has 0 aliphatic rings. The third kappa shape index (κ3) is 5.27. The van der Waals surface area contributed by atoms with Crippen LogP contribution in [0.1, 0.15) is 12.5 Å². The van der Waals surface area contributed by atoms with Crippen LogP contribution in [0.15, 0.2) is 24.3 Å². The Bertz CT molecular complexity index is 503. The van der Waals surface area contributed by atoms with Crippen molar-refractivity contribution in [2.45, 2.75) is 18.7 Å². The smallest absolute Gasteiger partial charge is 0.327 e. The van der Waals surface area contributed by atoms with Gasteiger partial charge in [-0.05, 0) is 5.56 Å². The Morgan fingerprint density at radius 2 is 2.00 bits per heavy atom. The van der Waals surface area contributed by atoms with Crippen molar-refractivity contribution in [1.29, 1.82) is 0 Å². The molecule has 0 aliphatic carbocycles. The highest BCUT2D eigenvalue weighted by atomic mass is 32.2. The van der Waals surface area contributed by atoms with Gasteiger partial charge in [0.05, 0.1) is 4.92 Å². The van der Waals surface area contributed by atoms with E-state index in [0.29, 0.717) is 5.75 Å². The van der Waals surface area contributed by atoms with Crippen LogP contribution in [-0.2, 0) is 15.3 Å². The number of aliphatic carboxylic acids is 1. The average Bonchev–Trinajstić information content (AvgIpc) is 2.37. The lowest BCUT2D eigenvalue weighted by molar-refractivity contribution is -0.384. The number of nitrogens with one attached hydrogen (secondary N) is 1. The number of benzene rings is 1. The van der Waals surface area contributed by atoms with Gasteiger partial charge in [0.2, 0.25) is 5.91 Å². The number of thioether (sulfide) groups is 1. The minimum Gasteiger partial charge on any atom is -0.480 e. The maximum absolute atomic E-state index is 10.9. The number of hydrogen-bond acceptors (Lipinski definition) is 5. The summed E-state index contributed by atoms with van der Waals surface area (Å²) in [5.41, 5.74) is 0.868. The maximum Gasteiger partial charge on any atom is 0.327 e. The zero-order valence-corrected chi connectivity index (χ0v) is 11.6. The van der Waals surface area contributed by atoms with Crippen molar-refractivity contribution in [1.82, 2.24) is 5.32 Å². The zero-order chi connectivity index (χ0) is 15.1. The van der Waals surface area contributed by atoms with Crippen molar-refractivity contribution < 1.29 is 19.6 Å². The molecule has 0 saturated heterocycles. The fourth-order valence-electron chi connectivity index (χ4n) is 1.43. The van der Waals surface area contributed by atoms with Gasteiger partial charge >= 0.3 is 5.97 Å². The number of non-ortho nitro benzene ring substituents is 1. The summed E-state index contributed by atoms with van der Waals surface area (Å²) < 4.78 is 0. The number of rotatable bonds is 7. The van der Waals surface area contributed by atoms with E-state index in [9.17, 15) is 19.7 Å². The molecular weight excluding hydrogens is 284 g/mol. The van der Waals surface area contributed by atoms with E-state index in [4.69, 9.17) is 5.11 Å². The first-order valence-corrected chi connectivity index (χ1v) is 6.86. The summed E-state index contributed by atoms with van der Waals surface area (Å²) in [5.74, 6) is -0.738. The fourth-order valence-corrected chi connectivity index (χ4v) is 2.44. The molecule has 20 heavy (non-hydrogen) atoms. The van der Waals surface area contributed by atoms with Gasteiger partial charge in [0, 0.05) is 30.6 Å². The van der Waals surface area contributed by atoms with Crippen molar-refractivity contribution in [3.05, 3.63) is 39.9 Å². The second-order valence-corrected chi connectivity index (χ2v) is 5.06. The largest absolute Gasteiger partial charge is 0.480 e. The molecule has 8 heteroatoms. The van der Waals surface area contributed by atoms with E-state index < -0.39 is 22.8 Å². The van der Waals surface area contributed by atoms with Crippen LogP contribution < -0.4 is 5.32 Å². The third-order valence-corrected chi connectivity index (χ3v) is 3.48.